The van der Waals surface area contributed by atoms with Crippen molar-refractivity contribution in [1.82, 2.24) is 9.78 Å². The monoisotopic (exact) mass is 248 g/mol. The number of aryl methyl sites for hydroxylation is 1. The van der Waals surface area contributed by atoms with Crippen LogP contribution in [0.5, 0.6) is 0 Å². The first-order valence-corrected chi connectivity index (χ1v) is 5.67. The number of nitrogens with zero attached hydrogens (tertiary/aromatic N) is 2. The summed E-state index contributed by atoms with van der Waals surface area (Å²) >= 11 is 0. The van der Waals surface area contributed by atoms with Gasteiger partial charge in [-0.1, -0.05) is 13.0 Å². The quantitative estimate of drug-likeness (QED) is 0.905. The van der Waals surface area contributed by atoms with Crippen molar-refractivity contribution in [2.24, 2.45) is 0 Å². The molecule has 2 rings (SSSR count). The highest BCUT2D eigenvalue weighted by Crippen LogP contribution is 2.21. The summed E-state index contributed by atoms with van der Waals surface area (Å²) < 4.78 is 15.3. The van der Waals surface area contributed by atoms with Crippen LogP contribution in [0, 0.1) is 5.82 Å². The predicted molar refractivity (Wildman–Crippen MR) is 64.9 cm³/mol. The molecule has 0 unspecified atom stereocenters. The lowest BCUT2D eigenvalue weighted by Gasteiger charge is -2.01. The van der Waals surface area contributed by atoms with Crippen LogP contribution in [0.15, 0.2) is 30.6 Å². The fourth-order valence-corrected chi connectivity index (χ4v) is 1.73. The molecule has 2 aromatic rings. The molecule has 0 aliphatic heterocycles. The lowest BCUT2D eigenvalue weighted by atomic mass is 10.1. The zero-order valence-electron chi connectivity index (χ0n) is 9.93. The van der Waals surface area contributed by atoms with E-state index >= 15 is 0 Å². The van der Waals surface area contributed by atoms with Gasteiger partial charge in [-0.15, -0.1) is 0 Å². The minimum absolute atomic E-state index is 0.320. The Morgan fingerprint density at radius 3 is 2.83 bits per heavy atom. The third kappa shape index (κ3) is 2.40. The zero-order valence-corrected chi connectivity index (χ0v) is 9.93. The molecule has 0 radical (unpaired) electrons. The molecule has 1 N–H and O–H groups in total. The van der Waals surface area contributed by atoms with Gasteiger partial charge in [0.15, 0.2) is 0 Å². The molecule has 1 aromatic heterocycles. The van der Waals surface area contributed by atoms with Crippen molar-refractivity contribution < 1.29 is 14.3 Å². The van der Waals surface area contributed by atoms with Gasteiger partial charge in [0.05, 0.1) is 11.8 Å². The first-order chi connectivity index (χ1) is 8.61. The molecule has 4 nitrogen and oxygen atoms in total. The summed E-state index contributed by atoms with van der Waals surface area (Å²) in [5.74, 6) is -2.00. The van der Waals surface area contributed by atoms with Gasteiger partial charge in [0.1, 0.15) is 5.82 Å². The van der Waals surface area contributed by atoms with Gasteiger partial charge in [0, 0.05) is 18.3 Å². The summed E-state index contributed by atoms with van der Waals surface area (Å²) in [4.78, 5) is 10.7. The molecule has 0 saturated heterocycles. The van der Waals surface area contributed by atoms with Crippen LogP contribution in [0.2, 0.25) is 0 Å². The second kappa shape index (κ2) is 5.00. The fourth-order valence-electron chi connectivity index (χ4n) is 1.73. The van der Waals surface area contributed by atoms with Crippen LogP contribution in [-0.2, 0) is 6.54 Å². The van der Waals surface area contributed by atoms with Gasteiger partial charge in [0.2, 0.25) is 0 Å². The van der Waals surface area contributed by atoms with E-state index < -0.39 is 11.8 Å². The van der Waals surface area contributed by atoms with Crippen LogP contribution in [-0.4, -0.2) is 20.9 Å². The summed E-state index contributed by atoms with van der Waals surface area (Å²) in [5, 5.41) is 12.9. The second-order valence-electron chi connectivity index (χ2n) is 3.99. The van der Waals surface area contributed by atoms with Crippen molar-refractivity contribution in [3.05, 3.63) is 42.0 Å². The van der Waals surface area contributed by atoms with E-state index in [0.29, 0.717) is 5.56 Å². The summed E-state index contributed by atoms with van der Waals surface area (Å²) in [5.41, 5.74) is 1.08. The standard InChI is InChI=1S/C13H13FN2O2/c1-2-5-16-8-10(7-15-16)9-3-4-11(13(17)18)12(14)6-9/h3-4,6-8H,2,5H2,1H3,(H,17,18). The number of rotatable bonds is 4. The highest BCUT2D eigenvalue weighted by atomic mass is 19.1. The van der Waals surface area contributed by atoms with Gasteiger partial charge < -0.3 is 5.11 Å². The number of aromatic nitrogens is 2. The van der Waals surface area contributed by atoms with Crippen molar-refractivity contribution in [3.63, 3.8) is 0 Å². The van der Waals surface area contributed by atoms with E-state index in [2.05, 4.69) is 5.10 Å². The zero-order chi connectivity index (χ0) is 13.1. The Morgan fingerprint density at radius 2 is 2.22 bits per heavy atom. The van der Waals surface area contributed by atoms with Crippen molar-refractivity contribution in [1.29, 1.82) is 0 Å². The number of carboxylic acid groups (broad SMARTS) is 1. The first-order valence-electron chi connectivity index (χ1n) is 5.67. The maximum atomic E-state index is 13.5. The van der Waals surface area contributed by atoms with Gasteiger partial charge in [-0.25, -0.2) is 9.18 Å². The lowest BCUT2D eigenvalue weighted by molar-refractivity contribution is 0.0692. The van der Waals surface area contributed by atoms with Gasteiger partial charge >= 0.3 is 5.97 Å². The maximum absolute atomic E-state index is 13.5. The number of hydrogen-bond acceptors (Lipinski definition) is 2. The van der Waals surface area contributed by atoms with E-state index in [-0.39, 0.29) is 5.56 Å². The molecular formula is C13H13FN2O2. The molecule has 0 saturated carbocycles. The second-order valence-corrected chi connectivity index (χ2v) is 3.99. The molecule has 0 atom stereocenters. The van der Waals surface area contributed by atoms with Crippen LogP contribution >= 0.6 is 0 Å². The topological polar surface area (TPSA) is 55.1 Å². The molecule has 0 aliphatic carbocycles. The van der Waals surface area contributed by atoms with Gasteiger partial charge in [-0.3, -0.25) is 4.68 Å². The summed E-state index contributed by atoms with van der Waals surface area (Å²) in [6, 6.07) is 4.07. The van der Waals surface area contributed by atoms with Crippen LogP contribution in [0.3, 0.4) is 0 Å². The normalized spacial score (nSPS) is 10.6. The summed E-state index contributed by atoms with van der Waals surface area (Å²) in [6.07, 6.45) is 4.43. The average molecular weight is 248 g/mol. The molecule has 18 heavy (non-hydrogen) atoms. The minimum Gasteiger partial charge on any atom is -0.478 e. The Hall–Kier alpha value is -2.17. The lowest BCUT2D eigenvalue weighted by Crippen LogP contribution is -2.00. The SMILES string of the molecule is CCCn1cc(-c2ccc(C(=O)O)c(F)c2)cn1. The van der Waals surface area contributed by atoms with Crippen LogP contribution in [0.1, 0.15) is 23.7 Å². The molecular weight excluding hydrogens is 235 g/mol. The van der Waals surface area contributed by atoms with E-state index in [9.17, 15) is 9.18 Å². The number of halogens is 1. The van der Waals surface area contributed by atoms with Crippen molar-refractivity contribution in [3.8, 4) is 11.1 Å². The van der Waals surface area contributed by atoms with E-state index in [1.807, 2.05) is 13.1 Å². The number of carbonyl (C=O) groups is 1. The van der Waals surface area contributed by atoms with Crippen molar-refractivity contribution in [2.45, 2.75) is 19.9 Å². The Bertz CT molecular complexity index is 578. The Labute approximate surface area is 104 Å². The molecule has 0 spiro atoms. The third-order valence-electron chi connectivity index (χ3n) is 2.62. The fraction of sp³-hybridized carbons (Fsp3) is 0.231. The van der Waals surface area contributed by atoms with Crippen molar-refractivity contribution >= 4 is 5.97 Å². The highest BCUT2D eigenvalue weighted by molar-refractivity contribution is 5.88. The van der Waals surface area contributed by atoms with Crippen LogP contribution in [0.4, 0.5) is 4.39 Å². The molecule has 0 fully saturated rings. The third-order valence-corrected chi connectivity index (χ3v) is 2.62. The smallest absolute Gasteiger partial charge is 0.338 e. The van der Waals surface area contributed by atoms with E-state index in [1.54, 1.807) is 16.9 Å². The highest BCUT2D eigenvalue weighted by Gasteiger charge is 2.11. The molecule has 0 aliphatic rings. The van der Waals surface area contributed by atoms with Gasteiger partial charge in [-0.2, -0.15) is 5.10 Å². The summed E-state index contributed by atoms with van der Waals surface area (Å²) in [7, 11) is 0. The Balaban J connectivity index is 2.33. The first kappa shape index (κ1) is 12.3. The number of hydrogen-bond donors (Lipinski definition) is 1. The molecule has 0 amide bonds. The number of carboxylic acids is 1. The summed E-state index contributed by atoms with van der Waals surface area (Å²) in [6.45, 7) is 2.85. The van der Waals surface area contributed by atoms with Crippen molar-refractivity contribution in [2.75, 3.05) is 0 Å². The predicted octanol–water partition coefficient (Wildman–Crippen LogP) is 2.80. The van der Waals surface area contributed by atoms with Gasteiger partial charge in [0.25, 0.3) is 0 Å². The largest absolute Gasteiger partial charge is 0.478 e. The number of aromatic carboxylic acids is 1. The van der Waals surface area contributed by atoms with Crippen LogP contribution in [0.25, 0.3) is 11.1 Å². The number of benzene rings is 1. The average Bonchev–Trinajstić information content (AvgIpc) is 2.77. The molecule has 1 aromatic carbocycles. The molecule has 0 bridgehead atoms. The van der Waals surface area contributed by atoms with Gasteiger partial charge in [-0.05, 0) is 24.1 Å². The molecule has 94 valence electrons. The molecule has 5 heteroatoms. The van der Waals surface area contributed by atoms with E-state index in [1.165, 1.54) is 12.1 Å². The Morgan fingerprint density at radius 1 is 1.44 bits per heavy atom. The van der Waals surface area contributed by atoms with E-state index in [0.717, 1.165) is 18.5 Å². The Kier molecular flexibility index (Phi) is 3.41. The molecule has 1 heterocycles. The van der Waals surface area contributed by atoms with E-state index in [4.69, 9.17) is 5.11 Å². The van der Waals surface area contributed by atoms with Crippen LogP contribution < -0.4 is 0 Å². The minimum atomic E-state index is -1.26. The maximum Gasteiger partial charge on any atom is 0.338 e.